The molecule has 1 saturated heterocycles. The fourth-order valence-corrected chi connectivity index (χ4v) is 2.82. The van der Waals surface area contributed by atoms with E-state index in [1.807, 2.05) is 30.0 Å². The number of aryl methyl sites for hydroxylation is 1. The van der Waals surface area contributed by atoms with Gasteiger partial charge in [-0.2, -0.15) is 0 Å². The molecule has 3 nitrogen and oxygen atoms in total. The molecule has 1 aromatic carbocycles. The summed E-state index contributed by atoms with van der Waals surface area (Å²) in [6.45, 7) is 2.78. The van der Waals surface area contributed by atoms with Crippen molar-refractivity contribution in [1.82, 2.24) is 4.90 Å². The Morgan fingerprint density at radius 1 is 1.42 bits per heavy atom. The van der Waals surface area contributed by atoms with Crippen LogP contribution >= 0.6 is 15.9 Å². The number of nitrogens with zero attached hydrogens (tertiary/aromatic N) is 1. The molecule has 0 radical (unpaired) electrons. The summed E-state index contributed by atoms with van der Waals surface area (Å²) in [6, 6.07) is 5.64. The highest BCUT2D eigenvalue weighted by molar-refractivity contribution is 9.10. The fraction of sp³-hybridized carbons (Fsp3) is 0.533. The van der Waals surface area contributed by atoms with E-state index < -0.39 is 0 Å². The van der Waals surface area contributed by atoms with Crippen molar-refractivity contribution in [2.24, 2.45) is 0 Å². The van der Waals surface area contributed by atoms with Crippen molar-refractivity contribution in [3.05, 3.63) is 33.8 Å². The van der Waals surface area contributed by atoms with Crippen LogP contribution in [0.1, 0.15) is 41.6 Å². The third-order valence-electron chi connectivity index (χ3n) is 3.75. The van der Waals surface area contributed by atoms with E-state index in [4.69, 9.17) is 0 Å². The Hall–Kier alpha value is -0.870. The van der Waals surface area contributed by atoms with E-state index in [0.717, 1.165) is 42.3 Å². The number of rotatable bonds is 2. The third-order valence-corrected chi connectivity index (χ3v) is 4.64. The maximum atomic E-state index is 12.6. The first-order chi connectivity index (χ1) is 9.13. The van der Waals surface area contributed by atoms with Gasteiger partial charge in [0, 0.05) is 16.6 Å². The quantitative estimate of drug-likeness (QED) is 0.907. The highest BCUT2D eigenvalue weighted by atomic mass is 79.9. The first-order valence-electron chi connectivity index (χ1n) is 6.81. The lowest BCUT2D eigenvalue weighted by Gasteiger charge is -2.28. The Kier molecular flexibility index (Phi) is 4.99. The lowest BCUT2D eigenvalue weighted by molar-refractivity contribution is 0.0599. The van der Waals surface area contributed by atoms with Crippen molar-refractivity contribution >= 4 is 21.8 Å². The molecule has 4 heteroatoms. The molecular weight excluding hydrogens is 306 g/mol. The molecule has 1 aromatic rings. The molecule has 1 aliphatic rings. The molecule has 0 bridgehead atoms. The number of carbonyl (C=O) groups is 1. The van der Waals surface area contributed by atoms with E-state index >= 15 is 0 Å². The van der Waals surface area contributed by atoms with Crippen molar-refractivity contribution in [1.29, 1.82) is 0 Å². The third kappa shape index (κ3) is 3.37. The van der Waals surface area contributed by atoms with Gasteiger partial charge in [-0.3, -0.25) is 4.79 Å². The second kappa shape index (κ2) is 6.53. The zero-order valence-corrected chi connectivity index (χ0v) is 12.8. The van der Waals surface area contributed by atoms with E-state index in [9.17, 15) is 9.90 Å². The van der Waals surface area contributed by atoms with Crippen molar-refractivity contribution < 1.29 is 9.90 Å². The van der Waals surface area contributed by atoms with E-state index in [-0.39, 0.29) is 18.6 Å². The SMILES string of the molecule is Cc1cc(C(=O)N2CCCCCC2CO)ccc1Br. The standard InChI is InChI=1S/C15H20BrNO2/c1-11-9-12(6-7-14(11)16)15(19)17-8-4-2-3-5-13(17)10-18/h6-7,9,13,18H,2-5,8,10H2,1H3. The van der Waals surface area contributed by atoms with Gasteiger partial charge in [0.2, 0.25) is 0 Å². The Morgan fingerprint density at radius 3 is 2.89 bits per heavy atom. The molecule has 0 saturated carbocycles. The number of aliphatic hydroxyl groups is 1. The molecule has 104 valence electrons. The Bertz CT molecular complexity index is 461. The van der Waals surface area contributed by atoms with Crippen LogP contribution in [0.15, 0.2) is 22.7 Å². The average Bonchev–Trinajstić information content (AvgIpc) is 2.66. The van der Waals surface area contributed by atoms with Crippen molar-refractivity contribution in [3.63, 3.8) is 0 Å². The molecule has 1 aliphatic heterocycles. The molecule has 1 fully saturated rings. The Morgan fingerprint density at radius 2 is 2.21 bits per heavy atom. The summed E-state index contributed by atoms with van der Waals surface area (Å²) in [5.74, 6) is 0.0385. The average molecular weight is 326 g/mol. The number of benzene rings is 1. The molecule has 2 rings (SSSR count). The maximum Gasteiger partial charge on any atom is 0.254 e. The first-order valence-corrected chi connectivity index (χ1v) is 7.60. The van der Waals surface area contributed by atoms with Crippen molar-refractivity contribution in [2.75, 3.05) is 13.2 Å². The van der Waals surface area contributed by atoms with E-state index in [0.29, 0.717) is 5.56 Å². The molecule has 0 spiro atoms. The number of aliphatic hydroxyl groups excluding tert-OH is 1. The van der Waals surface area contributed by atoms with Gasteiger partial charge >= 0.3 is 0 Å². The van der Waals surface area contributed by atoms with Crippen LogP contribution in [-0.2, 0) is 0 Å². The number of likely N-dealkylation sites (tertiary alicyclic amines) is 1. The smallest absolute Gasteiger partial charge is 0.254 e. The minimum absolute atomic E-state index is 0.0287. The molecule has 1 N–H and O–H groups in total. The molecule has 0 aromatic heterocycles. The van der Waals surface area contributed by atoms with Gasteiger partial charge in [0.1, 0.15) is 0 Å². The van der Waals surface area contributed by atoms with Crippen LogP contribution in [0.5, 0.6) is 0 Å². The van der Waals surface area contributed by atoms with Gasteiger partial charge in [-0.05, 0) is 43.5 Å². The normalized spacial score (nSPS) is 20.2. The van der Waals surface area contributed by atoms with Gasteiger partial charge < -0.3 is 10.0 Å². The zero-order valence-electron chi connectivity index (χ0n) is 11.2. The summed E-state index contributed by atoms with van der Waals surface area (Å²) in [5, 5.41) is 9.48. The monoisotopic (exact) mass is 325 g/mol. The van der Waals surface area contributed by atoms with Gasteiger partial charge in [-0.15, -0.1) is 0 Å². The van der Waals surface area contributed by atoms with Crippen LogP contribution in [0.25, 0.3) is 0 Å². The van der Waals surface area contributed by atoms with Crippen molar-refractivity contribution in [3.8, 4) is 0 Å². The van der Waals surface area contributed by atoms with E-state index in [2.05, 4.69) is 15.9 Å². The van der Waals surface area contributed by atoms with Crippen LogP contribution in [0.3, 0.4) is 0 Å². The summed E-state index contributed by atoms with van der Waals surface area (Å²) >= 11 is 3.45. The molecule has 1 unspecified atom stereocenters. The predicted octanol–water partition coefficient (Wildman–Crippen LogP) is 3.13. The minimum Gasteiger partial charge on any atom is -0.394 e. The zero-order chi connectivity index (χ0) is 13.8. The van der Waals surface area contributed by atoms with Gasteiger partial charge in [-0.1, -0.05) is 28.8 Å². The van der Waals surface area contributed by atoms with Crippen molar-refractivity contribution in [2.45, 2.75) is 38.6 Å². The van der Waals surface area contributed by atoms with Gasteiger partial charge in [0.15, 0.2) is 0 Å². The Labute approximate surface area is 122 Å². The molecule has 1 amide bonds. The van der Waals surface area contributed by atoms with Crippen LogP contribution < -0.4 is 0 Å². The summed E-state index contributed by atoms with van der Waals surface area (Å²) in [7, 11) is 0. The van der Waals surface area contributed by atoms with E-state index in [1.165, 1.54) is 0 Å². The molecule has 19 heavy (non-hydrogen) atoms. The summed E-state index contributed by atoms with van der Waals surface area (Å²) in [5.41, 5.74) is 1.77. The molecular formula is C15H20BrNO2. The first kappa shape index (κ1) is 14.5. The largest absolute Gasteiger partial charge is 0.394 e. The summed E-state index contributed by atoms with van der Waals surface area (Å²) in [4.78, 5) is 14.4. The highest BCUT2D eigenvalue weighted by Crippen LogP contribution is 2.22. The fourth-order valence-electron chi connectivity index (χ4n) is 2.58. The molecule has 1 heterocycles. The maximum absolute atomic E-state index is 12.6. The van der Waals surface area contributed by atoms with Crippen LogP contribution in [-0.4, -0.2) is 35.1 Å². The lowest BCUT2D eigenvalue weighted by Crippen LogP contribution is -2.42. The topological polar surface area (TPSA) is 40.5 Å². The summed E-state index contributed by atoms with van der Waals surface area (Å²) in [6.07, 6.45) is 4.16. The van der Waals surface area contributed by atoms with Crippen LogP contribution in [0.4, 0.5) is 0 Å². The second-order valence-corrected chi connectivity index (χ2v) is 6.00. The molecule has 1 atom stereocenters. The molecule has 0 aliphatic carbocycles. The number of halogens is 1. The van der Waals surface area contributed by atoms with Gasteiger partial charge in [0.25, 0.3) is 5.91 Å². The highest BCUT2D eigenvalue weighted by Gasteiger charge is 2.25. The van der Waals surface area contributed by atoms with Gasteiger partial charge in [-0.25, -0.2) is 0 Å². The van der Waals surface area contributed by atoms with Gasteiger partial charge in [0.05, 0.1) is 12.6 Å². The predicted molar refractivity (Wildman–Crippen MR) is 79.3 cm³/mol. The van der Waals surface area contributed by atoms with Crippen LogP contribution in [0, 0.1) is 6.92 Å². The van der Waals surface area contributed by atoms with Crippen LogP contribution in [0.2, 0.25) is 0 Å². The second-order valence-electron chi connectivity index (χ2n) is 5.15. The number of carbonyl (C=O) groups excluding carboxylic acids is 1. The summed E-state index contributed by atoms with van der Waals surface area (Å²) < 4.78 is 1.01. The minimum atomic E-state index is -0.0287. The Balaban J connectivity index is 2.22. The number of hydrogen-bond donors (Lipinski definition) is 1. The van der Waals surface area contributed by atoms with E-state index in [1.54, 1.807) is 0 Å². The lowest BCUT2D eigenvalue weighted by atomic mass is 10.1. The number of hydrogen-bond acceptors (Lipinski definition) is 2. The number of amides is 1.